The number of carbonyl (C=O) groups excluding carboxylic acids is 2. The topological polar surface area (TPSA) is 52.6 Å². The lowest BCUT2D eigenvalue weighted by atomic mass is 9.84. The van der Waals surface area contributed by atoms with Gasteiger partial charge in [-0.15, -0.1) is 0 Å². The van der Waals surface area contributed by atoms with Crippen LogP contribution in [0.1, 0.15) is 40.0 Å². The third kappa shape index (κ3) is 3.30. The maximum absolute atomic E-state index is 12.3. The van der Waals surface area contributed by atoms with Crippen LogP contribution in [0.3, 0.4) is 0 Å². The summed E-state index contributed by atoms with van der Waals surface area (Å²) in [4.78, 5) is 24.5. The van der Waals surface area contributed by atoms with Gasteiger partial charge in [0.1, 0.15) is 0 Å². The fourth-order valence-electron chi connectivity index (χ4n) is 2.65. The van der Waals surface area contributed by atoms with Crippen LogP contribution in [0.25, 0.3) is 0 Å². The standard InChI is InChI=1S/C16H24O4/c1-5-8-9-13-11-16(10-12(13)4,14(17)19-6-2)15(18)20-7-3/h5,8,13H,4,6-7,9-11H2,1-3H3/b8-5+. The maximum Gasteiger partial charge on any atom is 0.323 e. The molecule has 0 N–H and O–H groups in total. The second-order valence-corrected chi connectivity index (χ2v) is 5.06. The minimum atomic E-state index is -1.20. The normalized spacial score (nSPS) is 21.1. The van der Waals surface area contributed by atoms with Crippen LogP contribution in [0, 0.1) is 11.3 Å². The molecule has 4 heteroatoms. The van der Waals surface area contributed by atoms with E-state index in [2.05, 4.69) is 6.58 Å². The summed E-state index contributed by atoms with van der Waals surface area (Å²) < 4.78 is 10.2. The Bertz CT molecular complexity index is 391. The average Bonchev–Trinajstić information content (AvgIpc) is 2.75. The molecule has 0 spiro atoms. The van der Waals surface area contributed by atoms with Gasteiger partial charge in [-0.25, -0.2) is 0 Å². The predicted octanol–water partition coefficient (Wildman–Crippen LogP) is 3.03. The largest absolute Gasteiger partial charge is 0.465 e. The van der Waals surface area contributed by atoms with Crippen LogP contribution in [-0.2, 0) is 19.1 Å². The molecule has 0 bridgehead atoms. The summed E-state index contributed by atoms with van der Waals surface area (Å²) in [6, 6.07) is 0. The van der Waals surface area contributed by atoms with E-state index >= 15 is 0 Å². The molecule has 0 aromatic rings. The van der Waals surface area contributed by atoms with Gasteiger partial charge >= 0.3 is 11.9 Å². The summed E-state index contributed by atoms with van der Waals surface area (Å²) >= 11 is 0. The Kier molecular flexibility index (Phi) is 5.99. The molecular formula is C16H24O4. The predicted molar refractivity (Wildman–Crippen MR) is 77.0 cm³/mol. The molecule has 1 unspecified atom stereocenters. The number of esters is 2. The molecule has 1 rings (SSSR count). The van der Waals surface area contributed by atoms with Crippen molar-refractivity contribution in [2.24, 2.45) is 11.3 Å². The Morgan fingerprint density at radius 1 is 1.30 bits per heavy atom. The van der Waals surface area contributed by atoms with E-state index in [4.69, 9.17) is 9.47 Å². The van der Waals surface area contributed by atoms with Crippen LogP contribution in [0.2, 0.25) is 0 Å². The molecule has 0 saturated heterocycles. The van der Waals surface area contributed by atoms with E-state index in [9.17, 15) is 9.59 Å². The molecule has 0 aliphatic heterocycles. The lowest BCUT2D eigenvalue weighted by Gasteiger charge is -2.24. The van der Waals surface area contributed by atoms with Crippen LogP contribution in [0.15, 0.2) is 24.3 Å². The van der Waals surface area contributed by atoms with Crippen molar-refractivity contribution >= 4 is 11.9 Å². The third-order valence-electron chi connectivity index (χ3n) is 3.69. The van der Waals surface area contributed by atoms with Gasteiger partial charge in [0.2, 0.25) is 0 Å². The second kappa shape index (κ2) is 7.27. The van der Waals surface area contributed by atoms with E-state index in [1.807, 2.05) is 19.1 Å². The molecule has 112 valence electrons. The van der Waals surface area contributed by atoms with Crippen molar-refractivity contribution < 1.29 is 19.1 Å². The molecular weight excluding hydrogens is 256 g/mol. The minimum absolute atomic E-state index is 0.125. The SMILES string of the molecule is C=C1CC(C(=O)OCC)(C(=O)OCC)CC1C/C=C/C. The molecule has 0 aromatic carbocycles. The minimum Gasteiger partial charge on any atom is -0.465 e. The van der Waals surface area contributed by atoms with E-state index in [0.29, 0.717) is 12.8 Å². The van der Waals surface area contributed by atoms with Gasteiger partial charge in [-0.05, 0) is 46.0 Å². The summed E-state index contributed by atoms with van der Waals surface area (Å²) in [5, 5.41) is 0. The van der Waals surface area contributed by atoms with Crippen molar-refractivity contribution in [2.45, 2.75) is 40.0 Å². The van der Waals surface area contributed by atoms with E-state index in [1.165, 1.54) is 0 Å². The summed E-state index contributed by atoms with van der Waals surface area (Å²) in [6.07, 6.45) is 5.53. The zero-order valence-electron chi connectivity index (χ0n) is 12.6. The fourth-order valence-corrected chi connectivity index (χ4v) is 2.65. The molecule has 1 atom stereocenters. The molecule has 0 aromatic heterocycles. The first kappa shape index (κ1) is 16.5. The summed E-state index contributed by atoms with van der Waals surface area (Å²) in [7, 11) is 0. The molecule has 4 nitrogen and oxygen atoms in total. The second-order valence-electron chi connectivity index (χ2n) is 5.06. The number of allylic oxidation sites excluding steroid dienone is 3. The van der Waals surface area contributed by atoms with Crippen molar-refractivity contribution in [3.05, 3.63) is 24.3 Å². The molecule has 0 heterocycles. The van der Waals surface area contributed by atoms with Crippen molar-refractivity contribution in [3.63, 3.8) is 0 Å². The quantitative estimate of drug-likeness (QED) is 0.426. The van der Waals surface area contributed by atoms with Gasteiger partial charge in [0.05, 0.1) is 13.2 Å². The lowest BCUT2D eigenvalue weighted by molar-refractivity contribution is -0.171. The Hall–Kier alpha value is -1.58. The molecule has 1 saturated carbocycles. The van der Waals surface area contributed by atoms with Gasteiger partial charge in [-0.1, -0.05) is 24.3 Å². The van der Waals surface area contributed by atoms with E-state index < -0.39 is 17.4 Å². The van der Waals surface area contributed by atoms with Crippen LogP contribution >= 0.6 is 0 Å². The number of hydrogen-bond donors (Lipinski definition) is 0. The van der Waals surface area contributed by atoms with E-state index in [-0.39, 0.29) is 19.1 Å². The van der Waals surface area contributed by atoms with Gasteiger partial charge < -0.3 is 9.47 Å². The number of rotatable bonds is 6. The van der Waals surface area contributed by atoms with Crippen molar-refractivity contribution in [1.82, 2.24) is 0 Å². The average molecular weight is 280 g/mol. The van der Waals surface area contributed by atoms with Gasteiger partial charge in [-0.3, -0.25) is 9.59 Å². The summed E-state index contributed by atoms with van der Waals surface area (Å²) in [6.45, 7) is 9.95. The summed E-state index contributed by atoms with van der Waals surface area (Å²) in [5.41, 5.74) is -0.278. The first-order chi connectivity index (χ1) is 9.51. The molecule has 0 radical (unpaired) electrons. The highest BCUT2D eigenvalue weighted by Gasteiger charge is 2.54. The van der Waals surface area contributed by atoms with E-state index in [1.54, 1.807) is 13.8 Å². The molecule has 1 aliphatic rings. The van der Waals surface area contributed by atoms with Gasteiger partial charge in [0, 0.05) is 0 Å². The molecule has 20 heavy (non-hydrogen) atoms. The van der Waals surface area contributed by atoms with Crippen LogP contribution < -0.4 is 0 Å². The van der Waals surface area contributed by atoms with Gasteiger partial charge in [-0.2, -0.15) is 0 Å². The highest BCUT2D eigenvalue weighted by atomic mass is 16.6. The van der Waals surface area contributed by atoms with Gasteiger partial charge in [0.25, 0.3) is 0 Å². The molecule has 1 fully saturated rings. The van der Waals surface area contributed by atoms with Gasteiger partial charge in [0.15, 0.2) is 5.41 Å². The lowest BCUT2D eigenvalue weighted by Crippen LogP contribution is -2.40. The Morgan fingerprint density at radius 3 is 2.30 bits per heavy atom. The third-order valence-corrected chi connectivity index (χ3v) is 3.69. The van der Waals surface area contributed by atoms with Crippen LogP contribution in [0.4, 0.5) is 0 Å². The highest BCUT2D eigenvalue weighted by Crippen LogP contribution is 2.48. The molecule has 0 amide bonds. The zero-order chi connectivity index (χ0) is 15.2. The van der Waals surface area contributed by atoms with Crippen LogP contribution in [-0.4, -0.2) is 25.2 Å². The van der Waals surface area contributed by atoms with E-state index in [0.717, 1.165) is 12.0 Å². The first-order valence-electron chi connectivity index (χ1n) is 7.15. The number of hydrogen-bond acceptors (Lipinski definition) is 4. The smallest absolute Gasteiger partial charge is 0.323 e. The Labute approximate surface area is 120 Å². The first-order valence-corrected chi connectivity index (χ1v) is 7.15. The number of carbonyl (C=O) groups is 2. The van der Waals surface area contributed by atoms with Crippen molar-refractivity contribution in [3.8, 4) is 0 Å². The van der Waals surface area contributed by atoms with Crippen molar-refractivity contribution in [1.29, 1.82) is 0 Å². The fraction of sp³-hybridized carbons (Fsp3) is 0.625. The zero-order valence-corrected chi connectivity index (χ0v) is 12.6. The maximum atomic E-state index is 12.3. The number of ether oxygens (including phenoxy) is 2. The highest BCUT2D eigenvalue weighted by molar-refractivity contribution is 6.01. The van der Waals surface area contributed by atoms with Crippen LogP contribution in [0.5, 0.6) is 0 Å². The Balaban J connectivity index is 2.99. The summed E-state index contributed by atoms with van der Waals surface area (Å²) in [5.74, 6) is -0.842. The Morgan fingerprint density at radius 2 is 1.85 bits per heavy atom. The molecule has 1 aliphatic carbocycles. The monoisotopic (exact) mass is 280 g/mol. The van der Waals surface area contributed by atoms with Crippen molar-refractivity contribution in [2.75, 3.05) is 13.2 Å².